The van der Waals surface area contributed by atoms with Crippen LogP contribution in [0.5, 0.6) is 17.2 Å². The fraction of sp³-hybridized carbons (Fsp3) is 0.154. The maximum Gasteiger partial charge on any atom is 0.263 e. The maximum atomic E-state index is 13.3. The Balaban J connectivity index is 1.51. The van der Waals surface area contributed by atoms with Gasteiger partial charge in [0.15, 0.2) is 11.5 Å². The summed E-state index contributed by atoms with van der Waals surface area (Å²) in [5.41, 5.74) is 3.07. The molecule has 1 atom stereocenters. The summed E-state index contributed by atoms with van der Waals surface area (Å²) in [6, 6.07) is 22.8. The van der Waals surface area contributed by atoms with Crippen LogP contribution in [0.4, 0.5) is 5.69 Å². The number of benzene rings is 3. The third kappa shape index (κ3) is 3.04. The fourth-order valence-corrected chi connectivity index (χ4v) is 4.60. The molecule has 1 aromatic heterocycles. The number of aryl methyl sites for hydroxylation is 1. The van der Waals surface area contributed by atoms with Crippen LogP contribution in [0.1, 0.15) is 23.6 Å². The second-order valence-corrected chi connectivity index (χ2v) is 8.16. The van der Waals surface area contributed by atoms with Crippen LogP contribution in [0, 0.1) is 0 Å². The van der Waals surface area contributed by atoms with Crippen molar-refractivity contribution >= 4 is 22.3 Å². The third-order valence-corrected chi connectivity index (χ3v) is 6.28. The second kappa shape index (κ2) is 7.41. The van der Waals surface area contributed by atoms with Crippen molar-refractivity contribution in [2.75, 3.05) is 11.8 Å². The number of ether oxygens (including phenoxy) is 2. The van der Waals surface area contributed by atoms with Gasteiger partial charge in [0, 0.05) is 18.9 Å². The molecule has 164 valence electrons. The summed E-state index contributed by atoms with van der Waals surface area (Å²) < 4.78 is 12.6. The molecule has 0 amide bonds. The zero-order valence-electron chi connectivity index (χ0n) is 17.9. The Hall–Kier alpha value is -4.26. The van der Waals surface area contributed by atoms with Gasteiger partial charge in [-0.1, -0.05) is 36.4 Å². The first-order valence-corrected chi connectivity index (χ1v) is 10.7. The molecule has 2 aliphatic heterocycles. The van der Waals surface area contributed by atoms with Crippen LogP contribution in [0.15, 0.2) is 82.7 Å². The van der Waals surface area contributed by atoms with E-state index in [1.165, 1.54) is 0 Å². The summed E-state index contributed by atoms with van der Waals surface area (Å²) in [6.45, 7) is 0.203. The number of fused-ring (bicyclic) bond motifs is 2. The molecule has 0 aliphatic carbocycles. The van der Waals surface area contributed by atoms with Gasteiger partial charge in [0.25, 0.3) is 5.56 Å². The Kier molecular flexibility index (Phi) is 4.36. The summed E-state index contributed by atoms with van der Waals surface area (Å²) in [5, 5.41) is 18.5. The van der Waals surface area contributed by atoms with E-state index in [4.69, 9.17) is 14.6 Å². The minimum Gasteiger partial charge on any atom is -0.506 e. The maximum absolute atomic E-state index is 13.3. The van der Waals surface area contributed by atoms with Crippen LogP contribution in [0.3, 0.4) is 0 Å². The molecule has 7 heteroatoms. The molecule has 6 rings (SSSR count). The highest BCUT2D eigenvalue weighted by molar-refractivity contribution is 6.08. The largest absolute Gasteiger partial charge is 0.506 e. The molecule has 0 unspecified atom stereocenters. The molecular weight excluding hydrogens is 418 g/mol. The van der Waals surface area contributed by atoms with Crippen LogP contribution < -0.4 is 20.0 Å². The molecule has 0 spiro atoms. The number of hydrogen-bond donors (Lipinski definition) is 1. The normalized spacial score (nSPS) is 16.9. The molecule has 0 saturated heterocycles. The molecule has 2 aliphatic rings. The van der Waals surface area contributed by atoms with Crippen molar-refractivity contribution in [1.29, 1.82) is 0 Å². The number of nitrogens with zero attached hydrogens (tertiary/aromatic N) is 3. The number of hydrogen-bond acceptors (Lipinski definition) is 6. The van der Waals surface area contributed by atoms with E-state index < -0.39 is 0 Å². The average molecular weight is 439 g/mol. The van der Waals surface area contributed by atoms with Gasteiger partial charge >= 0.3 is 0 Å². The molecule has 0 radical (unpaired) electrons. The first-order chi connectivity index (χ1) is 16.1. The lowest BCUT2D eigenvalue weighted by Crippen LogP contribution is -2.24. The summed E-state index contributed by atoms with van der Waals surface area (Å²) >= 11 is 0. The molecule has 0 saturated carbocycles. The lowest BCUT2D eigenvalue weighted by atomic mass is 9.97. The van der Waals surface area contributed by atoms with Gasteiger partial charge in [0.05, 0.1) is 23.0 Å². The fourth-order valence-electron chi connectivity index (χ4n) is 4.60. The van der Waals surface area contributed by atoms with Crippen molar-refractivity contribution in [2.45, 2.75) is 12.5 Å². The van der Waals surface area contributed by atoms with Gasteiger partial charge in [-0.05, 0) is 42.0 Å². The van der Waals surface area contributed by atoms with Crippen molar-refractivity contribution in [3.63, 3.8) is 0 Å². The van der Waals surface area contributed by atoms with E-state index in [0.717, 1.165) is 11.3 Å². The SMILES string of the molecule is Cn1c(=O)c(C2=NN(c3ccccc3)[C@@H](c3ccc4c(c3)OCO4)C2)c(O)c2ccccc21. The van der Waals surface area contributed by atoms with Gasteiger partial charge in [-0.2, -0.15) is 5.10 Å². The first-order valence-electron chi connectivity index (χ1n) is 10.7. The number of rotatable bonds is 3. The molecule has 0 fully saturated rings. The minimum absolute atomic E-state index is 0.0354. The number of para-hydroxylation sites is 2. The van der Waals surface area contributed by atoms with Gasteiger partial charge in [0.2, 0.25) is 6.79 Å². The quantitative estimate of drug-likeness (QED) is 0.514. The second-order valence-electron chi connectivity index (χ2n) is 8.16. The van der Waals surface area contributed by atoms with E-state index in [2.05, 4.69) is 0 Å². The monoisotopic (exact) mass is 439 g/mol. The molecule has 0 bridgehead atoms. The highest BCUT2D eigenvalue weighted by Crippen LogP contribution is 2.41. The number of aromatic nitrogens is 1. The molecule has 3 aromatic carbocycles. The van der Waals surface area contributed by atoms with Crippen molar-refractivity contribution in [1.82, 2.24) is 4.57 Å². The van der Waals surface area contributed by atoms with Crippen molar-refractivity contribution in [2.24, 2.45) is 12.1 Å². The molecule has 1 N–H and O–H groups in total. The van der Waals surface area contributed by atoms with Gasteiger partial charge in [-0.25, -0.2) is 0 Å². The molecule has 33 heavy (non-hydrogen) atoms. The van der Waals surface area contributed by atoms with Gasteiger partial charge in [-0.3, -0.25) is 9.80 Å². The summed E-state index contributed by atoms with van der Waals surface area (Å²) in [7, 11) is 1.72. The number of aromatic hydroxyl groups is 1. The lowest BCUT2D eigenvalue weighted by Gasteiger charge is -2.24. The van der Waals surface area contributed by atoms with E-state index in [9.17, 15) is 9.90 Å². The van der Waals surface area contributed by atoms with Crippen LogP contribution in [0.2, 0.25) is 0 Å². The van der Waals surface area contributed by atoms with Gasteiger partial charge < -0.3 is 19.1 Å². The lowest BCUT2D eigenvalue weighted by molar-refractivity contribution is 0.174. The average Bonchev–Trinajstić information content (AvgIpc) is 3.50. The molecule has 4 aromatic rings. The van der Waals surface area contributed by atoms with Crippen molar-refractivity contribution in [3.8, 4) is 17.2 Å². The van der Waals surface area contributed by atoms with Gasteiger partial charge in [-0.15, -0.1) is 0 Å². The van der Waals surface area contributed by atoms with E-state index in [1.807, 2.05) is 77.8 Å². The standard InChI is InChI=1S/C26H21N3O4/c1-28-20-10-6-5-9-18(20)25(30)24(26(28)31)19-14-21(29(27-19)17-7-3-2-4-8-17)16-11-12-22-23(13-16)33-15-32-22/h2-13,21,30H,14-15H2,1H3/t21-/m1/s1. The topological polar surface area (TPSA) is 76.3 Å². The zero-order chi connectivity index (χ0) is 22.5. The number of hydrazone groups is 1. The summed E-state index contributed by atoms with van der Waals surface area (Å²) in [4.78, 5) is 13.3. The van der Waals surface area contributed by atoms with E-state index in [0.29, 0.717) is 34.5 Å². The Morgan fingerprint density at radius 2 is 1.73 bits per heavy atom. The van der Waals surface area contributed by atoms with Crippen LogP contribution in [-0.2, 0) is 7.05 Å². The zero-order valence-corrected chi connectivity index (χ0v) is 17.9. The highest BCUT2D eigenvalue weighted by Gasteiger charge is 2.34. The first kappa shape index (κ1) is 19.4. The van der Waals surface area contributed by atoms with Gasteiger partial charge in [0.1, 0.15) is 11.3 Å². The highest BCUT2D eigenvalue weighted by atomic mass is 16.7. The number of anilines is 1. The molecular formula is C26H21N3O4. The predicted molar refractivity (Wildman–Crippen MR) is 126 cm³/mol. The van der Waals surface area contributed by atoms with Crippen LogP contribution >= 0.6 is 0 Å². The summed E-state index contributed by atoms with van der Waals surface area (Å²) in [6.07, 6.45) is 0.454. The molecule has 7 nitrogen and oxygen atoms in total. The van der Waals surface area contributed by atoms with E-state index in [1.54, 1.807) is 11.6 Å². The Bertz CT molecular complexity index is 1480. The number of pyridine rings is 1. The van der Waals surface area contributed by atoms with E-state index in [-0.39, 0.29) is 29.7 Å². The predicted octanol–water partition coefficient (Wildman–Crippen LogP) is 4.33. The Labute approximate surface area is 189 Å². The summed E-state index contributed by atoms with van der Waals surface area (Å²) in [5.74, 6) is 1.37. The Morgan fingerprint density at radius 3 is 2.58 bits per heavy atom. The van der Waals surface area contributed by atoms with Crippen molar-refractivity contribution < 1.29 is 14.6 Å². The third-order valence-electron chi connectivity index (χ3n) is 6.28. The van der Waals surface area contributed by atoms with Crippen molar-refractivity contribution in [3.05, 3.63) is 94.3 Å². The van der Waals surface area contributed by atoms with E-state index >= 15 is 0 Å². The molecule has 3 heterocycles. The smallest absolute Gasteiger partial charge is 0.263 e. The van der Waals surface area contributed by atoms with Crippen LogP contribution in [-0.4, -0.2) is 22.2 Å². The Morgan fingerprint density at radius 1 is 0.970 bits per heavy atom. The van der Waals surface area contributed by atoms with Crippen LogP contribution in [0.25, 0.3) is 10.9 Å². The minimum atomic E-state index is -0.274.